The Bertz CT molecular complexity index is 3630. The maximum atomic E-state index is 14.6. The molecule has 0 saturated carbocycles. The monoisotopic (exact) mass is 1180 g/mol. The highest BCUT2D eigenvalue weighted by Crippen LogP contribution is 2.43. The zero-order valence-corrected chi connectivity index (χ0v) is 47.9. The molecule has 1 atom stereocenters. The van der Waals surface area contributed by atoms with Crippen LogP contribution in [0.15, 0.2) is 115 Å². The number of oxazole rings is 1. The van der Waals surface area contributed by atoms with Crippen molar-refractivity contribution in [2.45, 2.75) is 101 Å². The van der Waals surface area contributed by atoms with Crippen LogP contribution in [-0.2, 0) is 43.9 Å². The van der Waals surface area contributed by atoms with E-state index in [0.717, 1.165) is 36.9 Å². The van der Waals surface area contributed by atoms with Crippen LogP contribution in [0, 0.1) is 0 Å². The maximum Gasteiger partial charge on any atom is 0.338 e. The Morgan fingerprint density at radius 2 is 1.46 bits per heavy atom. The molecule has 0 bridgehead atoms. The summed E-state index contributed by atoms with van der Waals surface area (Å²) in [5.74, 6) is -3.11. The van der Waals surface area contributed by atoms with E-state index in [1.807, 2.05) is 0 Å². The molecule has 0 radical (unpaired) electrons. The summed E-state index contributed by atoms with van der Waals surface area (Å²) in [6.07, 6.45) is 9.50. The lowest BCUT2D eigenvalue weighted by Crippen LogP contribution is -2.37. The van der Waals surface area contributed by atoms with Crippen LogP contribution in [0.5, 0.6) is 5.75 Å². The third kappa shape index (κ3) is 15.9. The van der Waals surface area contributed by atoms with E-state index in [1.54, 1.807) is 29.2 Å². The molecule has 1 saturated heterocycles. The summed E-state index contributed by atoms with van der Waals surface area (Å²) >= 11 is 7.51. The molecule has 1 fully saturated rings. The third-order valence-corrected chi connectivity index (χ3v) is 16.2. The number of azo groups is 1. The van der Waals surface area contributed by atoms with E-state index in [4.69, 9.17) is 35.4 Å². The average molecular weight is 1190 g/mol. The summed E-state index contributed by atoms with van der Waals surface area (Å²) in [6.45, 7) is 6.44. The number of unbranched alkanes of at least 4 members (excludes halogenated alkanes) is 9. The van der Waals surface area contributed by atoms with Gasteiger partial charge < -0.3 is 39.5 Å². The van der Waals surface area contributed by atoms with Crippen molar-refractivity contribution in [3.8, 4) is 5.75 Å². The van der Waals surface area contributed by atoms with Crippen molar-refractivity contribution in [3.63, 3.8) is 0 Å². The number of sulfonamides is 2. The summed E-state index contributed by atoms with van der Waals surface area (Å²) in [6, 6.07) is 21.9. The number of nitrogens with zero attached hydrogens (tertiary/aromatic N) is 5. The first-order chi connectivity index (χ1) is 38.9. The molecule has 81 heavy (non-hydrogen) atoms. The van der Waals surface area contributed by atoms with E-state index in [9.17, 15) is 36.0 Å². The van der Waals surface area contributed by atoms with Gasteiger partial charge in [0.1, 0.15) is 10.4 Å². The Morgan fingerprint density at radius 1 is 0.778 bits per heavy atom. The number of carbonyl (C=O) groups is 4. The van der Waals surface area contributed by atoms with Crippen LogP contribution in [0.4, 0.5) is 39.1 Å². The predicted octanol–water partition coefficient (Wildman–Crippen LogP) is 11.5. The second-order valence-corrected chi connectivity index (χ2v) is 23.4. The maximum absolute atomic E-state index is 14.6. The van der Waals surface area contributed by atoms with Crippen molar-refractivity contribution in [1.29, 1.82) is 0 Å². The number of esters is 1. The van der Waals surface area contributed by atoms with E-state index in [2.05, 4.69) is 47.2 Å². The van der Waals surface area contributed by atoms with Gasteiger partial charge in [0, 0.05) is 32.3 Å². The quantitative estimate of drug-likeness (QED) is 0.0191. The van der Waals surface area contributed by atoms with E-state index in [-0.39, 0.29) is 77.4 Å². The van der Waals surface area contributed by atoms with Crippen LogP contribution in [0.1, 0.15) is 107 Å². The first-order valence-electron chi connectivity index (χ1n) is 26.2. The lowest BCUT2D eigenvalue weighted by atomic mass is 10.1. The minimum Gasteiger partial charge on any atom is -0.466 e. The topological polar surface area (TPSA) is 305 Å². The number of hydrogen-bond acceptors (Lipinski definition) is 18. The Morgan fingerprint density at radius 3 is 2.12 bits per heavy atom. The molecular weight excluding hydrogens is 1120 g/mol. The number of nitrogens with two attached hydrogens (primary N) is 1. The van der Waals surface area contributed by atoms with Crippen molar-refractivity contribution < 1.29 is 54.6 Å². The van der Waals surface area contributed by atoms with Crippen LogP contribution in [0.25, 0.3) is 22.0 Å². The number of fused-ring (bicyclic) bond motifs is 2. The Labute approximate surface area is 477 Å². The van der Waals surface area contributed by atoms with E-state index >= 15 is 0 Å². The van der Waals surface area contributed by atoms with Crippen LogP contribution in [-0.4, -0.2) is 82.8 Å². The van der Waals surface area contributed by atoms with Crippen molar-refractivity contribution in [2.75, 3.05) is 58.5 Å². The molecule has 2 aromatic heterocycles. The second-order valence-electron chi connectivity index (χ2n) is 19.1. The fraction of sp³-hybridized carbons (Fsp3) is 0.345. The van der Waals surface area contributed by atoms with Gasteiger partial charge in [-0.05, 0) is 96.8 Å². The molecular formula is C55H61ClN10O12S3. The Balaban J connectivity index is 1.04. The number of nitrogens with one attached hydrogen (secondary N) is 4. The van der Waals surface area contributed by atoms with Gasteiger partial charge in [-0.25, -0.2) is 31.8 Å². The lowest BCUT2D eigenvalue weighted by molar-refractivity contribution is -0.123. The normalized spacial score (nSPS) is 13.3. The van der Waals surface area contributed by atoms with Gasteiger partial charge in [-0.2, -0.15) is 4.37 Å². The number of halogens is 1. The van der Waals surface area contributed by atoms with Crippen LogP contribution in [0.3, 0.4) is 0 Å². The standard InChI is InChI=1S/C55H61ClN10O12S3/c1-4-5-6-7-8-9-10-11-12-15-26-76-55(70)36-18-21-41(56)44(29-36)60-52(69)51(53-61-43-16-13-14-17-48(43)77-53)78-50-45(58-34(2)67)30-38(31-46(50)59-35(3)68)62-63-54-40-33-39(20-22-42(40)64-79-54)81(73,74)65-37-19-23-47(49(32-37)80(57,71)72)66-24-27-75-28-25-66/h13-14,16-23,29-33,51,65H,4-12,15,24-28H2,1-3H3,(H,58,67)(H,59,68)(H,60,69)(H2,57,71,72). The molecule has 1 aliphatic rings. The Hall–Kier alpha value is -7.55. The molecule has 7 aromatic rings. The predicted molar refractivity (Wildman–Crippen MR) is 310 cm³/mol. The number of ether oxygens (including phenoxy) is 3. The third-order valence-electron chi connectivity index (χ3n) is 12.8. The van der Waals surface area contributed by atoms with Gasteiger partial charge in [-0.15, -0.1) is 10.2 Å². The minimum absolute atomic E-state index is 0.0319. The highest BCUT2D eigenvalue weighted by Gasteiger charge is 2.32. The summed E-state index contributed by atoms with van der Waals surface area (Å²) in [5.41, 5.74) is 1.35. The molecule has 1 aliphatic heterocycles. The van der Waals surface area contributed by atoms with E-state index < -0.39 is 49.8 Å². The van der Waals surface area contributed by atoms with Crippen molar-refractivity contribution in [2.24, 2.45) is 15.4 Å². The van der Waals surface area contributed by atoms with Crippen LogP contribution in [0.2, 0.25) is 5.02 Å². The van der Waals surface area contributed by atoms with E-state index in [1.165, 1.54) is 113 Å². The zero-order valence-electron chi connectivity index (χ0n) is 44.7. The van der Waals surface area contributed by atoms with Gasteiger partial charge in [-0.1, -0.05) is 88.4 Å². The number of morpholine rings is 1. The first kappa shape index (κ1) is 59.6. The molecule has 26 heteroatoms. The second kappa shape index (κ2) is 27.3. The van der Waals surface area contributed by atoms with Gasteiger partial charge >= 0.3 is 5.97 Å². The van der Waals surface area contributed by atoms with Crippen LogP contribution >= 0.6 is 23.1 Å². The molecule has 428 valence electrons. The summed E-state index contributed by atoms with van der Waals surface area (Å²) in [5, 5.41) is 22.9. The van der Waals surface area contributed by atoms with Crippen molar-refractivity contribution in [3.05, 3.63) is 107 Å². The van der Waals surface area contributed by atoms with Crippen molar-refractivity contribution in [1.82, 2.24) is 9.36 Å². The average Bonchev–Trinajstić information content (AvgIpc) is 4.11. The molecule has 0 aliphatic carbocycles. The SMILES string of the molecule is CCCCCCCCCCCCOC(=O)c1ccc(Cl)c(NC(=O)C(Oc2c(NC(C)=O)cc(N=Nc3snc4ccc(S(=O)(=O)Nc5ccc(N6CCOCC6)c(S(N)(=O)=O)c5)cc34)cc2NC(C)=O)c2nc3ccccc3o2)c1. The fourth-order valence-electron chi connectivity index (χ4n) is 8.82. The van der Waals surface area contributed by atoms with Gasteiger partial charge in [0.25, 0.3) is 22.0 Å². The molecule has 0 spiro atoms. The number of hydrogen-bond donors (Lipinski definition) is 5. The number of anilines is 5. The lowest BCUT2D eigenvalue weighted by Gasteiger charge is -2.30. The molecule has 3 amide bonds. The van der Waals surface area contributed by atoms with Crippen molar-refractivity contribution >= 4 is 128 Å². The molecule has 5 aromatic carbocycles. The van der Waals surface area contributed by atoms with Gasteiger partial charge in [-0.3, -0.25) is 19.1 Å². The molecule has 6 N–H and O–H groups in total. The minimum atomic E-state index is -4.36. The van der Waals surface area contributed by atoms with Gasteiger partial charge in [0.05, 0.1) is 74.9 Å². The number of carbonyl (C=O) groups excluding carboxylic acids is 4. The zero-order chi connectivity index (χ0) is 57.7. The number of benzene rings is 5. The first-order valence-corrected chi connectivity index (χ1v) is 30.4. The number of primary sulfonamides is 1. The number of amides is 3. The molecule has 3 heterocycles. The number of para-hydroxylation sites is 2. The molecule has 22 nitrogen and oxygen atoms in total. The number of aromatic nitrogens is 2. The largest absolute Gasteiger partial charge is 0.466 e. The summed E-state index contributed by atoms with van der Waals surface area (Å²) < 4.78 is 83.4. The number of rotatable bonds is 26. The van der Waals surface area contributed by atoms with Crippen LogP contribution < -0.4 is 35.4 Å². The highest BCUT2D eigenvalue weighted by molar-refractivity contribution is 7.92. The van der Waals surface area contributed by atoms with E-state index in [0.29, 0.717) is 55.0 Å². The highest BCUT2D eigenvalue weighted by atomic mass is 35.5. The van der Waals surface area contributed by atoms with Gasteiger partial charge in [0.2, 0.25) is 27.7 Å². The fourth-order valence-corrected chi connectivity index (χ4v) is 11.5. The van der Waals surface area contributed by atoms with Gasteiger partial charge in [0.15, 0.2) is 16.3 Å². The summed E-state index contributed by atoms with van der Waals surface area (Å²) in [7, 11) is -8.64. The Kier molecular flexibility index (Phi) is 20.1. The smallest absolute Gasteiger partial charge is 0.338 e. The summed E-state index contributed by atoms with van der Waals surface area (Å²) in [4.78, 5) is 59.3. The molecule has 1 unspecified atom stereocenters. The molecule has 8 rings (SSSR count).